The van der Waals surface area contributed by atoms with E-state index in [1.54, 1.807) is 0 Å². The monoisotopic (exact) mass is 211 g/mol. The highest BCUT2D eigenvalue weighted by Gasteiger charge is 2.15. The van der Waals surface area contributed by atoms with Crippen molar-refractivity contribution in [1.29, 1.82) is 0 Å². The molecule has 0 saturated heterocycles. The van der Waals surface area contributed by atoms with Gasteiger partial charge in [0.25, 0.3) is 0 Å². The van der Waals surface area contributed by atoms with Crippen LogP contribution in [-0.4, -0.2) is 6.54 Å². The maximum atomic E-state index is 3.64. The average Bonchev–Trinajstić information content (AvgIpc) is 2.23. The Morgan fingerprint density at radius 1 is 1.13 bits per heavy atom. The quantitative estimate of drug-likeness (QED) is 0.654. The van der Waals surface area contributed by atoms with Crippen molar-refractivity contribution in [2.75, 3.05) is 6.54 Å². The highest BCUT2D eigenvalue weighted by molar-refractivity contribution is 5.10. The van der Waals surface area contributed by atoms with Crippen LogP contribution in [0.4, 0.5) is 0 Å². The standard InChI is InChI=1S/C14H29N/c1-7-10-13(12(4)8-2)15-11-14(5,6)9-3/h15H,7-11H2,1-6H3/b13-12-. The molecule has 0 spiro atoms. The highest BCUT2D eigenvalue weighted by atomic mass is 14.9. The van der Waals surface area contributed by atoms with Gasteiger partial charge in [0.2, 0.25) is 0 Å². The summed E-state index contributed by atoms with van der Waals surface area (Å²) in [4.78, 5) is 0. The second-order valence-electron chi connectivity index (χ2n) is 5.23. The first-order valence-corrected chi connectivity index (χ1v) is 6.39. The molecule has 0 bridgehead atoms. The van der Waals surface area contributed by atoms with Gasteiger partial charge < -0.3 is 5.32 Å². The van der Waals surface area contributed by atoms with Crippen LogP contribution >= 0.6 is 0 Å². The fourth-order valence-corrected chi connectivity index (χ4v) is 1.39. The predicted octanol–water partition coefficient (Wildman–Crippen LogP) is 4.50. The predicted molar refractivity (Wildman–Crippen MR) is 70.0 cm³/mol. The molecule has 0 rings (SSSR count). The van der Waals surface area contributed by atoms with Crippen molar-refractivity contribution in [3.8, 4) is 0 Å². The first-order chi connectivity index (χ1) is 6.96. The van der Waals surface area contributed by atoms with E-state index in [2.05, 4.69) is 46.9 Å². The van der Waals surface area contributed by atoms with Gasteiger partial charge in [-0.2, -0.15) is 0 Å². The normalized spacial score (nSPS) is 13.7. The third-order valence-electron chi connectivity index (χ3n) is 3.28. The van der Waals surface area contributed by atoms with Gasteiger partial charge in [0.15, 0.2) is 0 Å². The van der Waals surface area contributed by atoms with E-state index < -0.39 is 0 Å². The lowest BCUT2D eigenvalue weighted by Gasteiger charge is -2.25. The van der Waals surface area contributed by atoms with E-state index in [1.807, 2.05) is 0 Å². The SMILES string of the molecule is CCC/C(NCC(C)(C)CC)=C(\C)CC. The van der Waals surface area contributed by atoms with Crippen molar-refractivity contribution < 1.29 is 0 Å². The van der Waals surface area contributed by atoms with Crippen LogP contribution in [0.2, 0.25) is 0 Å². The molecule has 0 unspecified atom stereocenters. The minimum atomic E-state index is 0.410. The van der Waals surface area contributed by atoms with Crippen molar-refractivity contribution in [1.82, 2.24) is 5.32 Å². The molecule has 0 atom stereocenters. The second-order valence-corrected chi connectivity index (χ2v) is 5.23. The molecule has 0 aromatic rings. The Kier molecular flexibility index (Phi) is 6.71. The topological polar surface area (TPSA) is 12.0 Å². The summed E-state index contributed by atoms with van der Waals surface area (Å²) in [6, 6.07) is 0. The van der Waals surface area contributed by atoms with E-state index in [0.29, 0.717) is 5.41 Å². The average molecular weight is 211 g/mol. The molecule has 0 aliphatic carbocycles. The number of hydrogen-bond acceptors (Lipinski definition) is 1. The van der Waals surface area contributed by atoms with E-state index in [9.17, 15) is 0 Å². The Labute approximate surface area is 96.3 Å². The summed E-state index contributed by atoms with van der Waals surface area (Å²) in [6.45, 7) is 14.7. The molecule has 0 aromatic carbocycles. The zero-order chi connectivity index (χ0) is 11.9. The largest absolute Gasteiger partial charge is 0.388 e. The van der Waals surface area contributed by atoms with Crippen LogP contribution in [0.5, 0.6) is 0 Å². The van der Waals surface area contributed by atoms with Gasteiger partial charge >= 0.3 is 0 Å². The first kappa shape index (κ1) is 14.5. The molecule has 0 aliphatic rings. The Morgan fingerprint density at radius 3 is 2.13 bits per heavy atom. The molecule has 0 fully saturated rings. The van der Waals surface area contributed by atoms with Crippen LogP contribution in [0.1, 0.15) is 67.2 Å². The van der Waals surface area contributed by atoms with Gasteiger partial charge in [-0.3, -0.25) is 0 Å². The fraction of sp³-hybridized carbons (Fsp3) is 0.857. The lowest BCUT2D eigenvalue weighted by molar-refractivity contribution is 0.338. The lowest BCUT2D eigenvalue weighted by Crippen LogP contribution is -2.29. The Bertz CT molecular complexity index is 201. The van der Waals surface area contributed by atoms with Crippen LogP contribution < -0.4 is 5.32 Å². The van der Waals surface area contributed by atoms with Gasteiger partial charge in [-0.1, -0.05) is 46.6 Å². The maximum absolute atomic E-state index is 3.64. The van der Waals surface area contributed by atoms with Crippen molar-refractivity contribution in [2.24, 2.45) is 5.41 Å². The van der Waals surface area contributed by atoms with Crippen LogP contribution in [-0.2, 0) is 0 Å². The van der Waals surface area contributed by atoms with Gasteiger partial charge in [0, 0.05) is 12.2 Å². The molecule has 90 valence electrons. The molecular weight excluding hydrogens is 182 g/mol. The van der Waals surface area contributed by atoms with Crippen molar-refractivity contribution in [3.05, 3.63) is 11.3 Å². The van der Waals surface area contributed by atoms with Gasteiger partial charge in [0.1, 0.15) is 0 Å². The molecule has 0 aromatic heterocycles. The van der Waals surface area contributed by atoms with Crippen molar-refractivity contribution >= 4 is 0 Å². The molecule has 0 amide bonds. The van der Waals surface area contributed by atoms with Crippen LogP contribution in [0.15, 0.2) is 11.3 Å². The van der Waals surface area contributed by atoms with Gasteiger partial charge in [0.05, 0.1) is 0 Å². The van der Waals surface area contributed by atoms with Gasteiger partial charge in [-0.15, -0.1) is 0 Å². The third kappa shape index (κ3) is 5.86. The molecule has 15 heavy (non-hydrogen) atoms. The van der Waals surface area contributed by atoms with Gasteiger partial charge in [-0.25, -0.2) is 0 Å². The molecule has 1 nitrogen and oxygen atoms in total. The minimum Gasteiger partial charge on any atom is -0.388 e. The summed E-state index contributed by atoms with van der Waals surface area (Å²) in [5, 5.41) is 3.64. The van der Waals surface area contributed by atoms with E-state index in [0.717, 1.165) is 13.0 Å². The van der Waals surface area contributed by atoms with E-state index >= 15 is 0 Å². The van der Waals surface area contributed by atoms with Crippen LogP contribution in [0, 0.1) is 5.41 Å². The third-order valence-corrected chi connectivity index (χ3v) is 3.28. The Balaban J connectivity index is 4.32. The number of nitrogens with one attached hydrogen (secondary N) is 1. The van der Waals surface area contributed by atoms with E-state index in [4.69, 9.17) is 0 Å². The van der Waals surface area contributed by atoms with Crippen LogP contribution in [0.25, 0.3) is 0 Å². The Morgan fingerprint density at radius 2 is 1.73 bits per heavy atom. The van der Waals surface area contributed by atoms with Gasteiger partial charge in [-0.05, 0) is 31.6 Å². The first-order valence-electron chi connectivity index (χ1n) is 6.39. The van der Waals surface area contributed by atoms with Crippen LogP contribution in [0.3, 0.4) is 0 Å². The number of rotatable bonds is 7. The molecule has 0 radical (unpaired) electrons. The minimum absolute atomic E-state index is 0.410. The summed E-state index contributed by atoms with van der Waals surface area (Å²) in [5.74, 6) is 0. The fourth-order valence-electron chi connectivity index (χ4n) is 1.39. The molecule has 1 heteroatoms. The molecule has 0 saturated carbocycles. The van der Waals surface area contributed by atoms with Crippen molar-refractivity contribution in [3.63, 3.8) is 0 Å². The van der Waals surface area contributed by atoms with E-state index in [-0.39, 0.29) is 0 Å². The lowest BCUT2D eigenvalue weighted by atomic mass is 9.90. The summed E-state index contributed by atoms with van der Waals surface area (Å²) in [6.07, 6.45) is 4.81. The zero-order valence-electron chi connectivity index (χ0n) is 11.5. The molecule has 1 N–H and O–H groups in total. The smallest absolute Gasteiger partial charge is 0.0195 e. The van der Waals surface area contributed by atoms with Crippen molar-refractivity contribution in [2.45, 2.75) is 67.2 Å². The summed E-state index contributed by atoms with van der Waals surface area (Å²) in [7, 11) is 0. The maximum Gasteiger partial charge on any atom is 0.0195 e. The second kappa shape index (κ2) is 6.92. The molecule has 0 heterocycles. The summed E-state index contributed by atoms with van der Waals surface area (Å²) < 4.78 is 0. The number of hydrogen-bond donors (Lipinski definition) is 1. The zero-order valence-corrected chi connectivity index (χ0v) is 11.5. The molecular formula is C14H29N. The Hall–Kier alpha value is -0.460. The van der Waals surface area contributed by atoms with E-state index in [1.165, 1.54) is 30.5 Å². The summed E-state index contributed by atoms with van der Waals surface area (Å²) >= 11 is 0. The number of allylic oxidation sites excluding steroid dienone is 2. The molecule has 0 aliphatic heterocycles. The highest BCUT2D eigenvalue weighted by Crippen LogP contribution is 2.20. The summed E-state index contributed by atoms with van der Waals surface area (Å²) in [5.41, 5.74) is 3.40.